The number of thiol groups is 1. The van der Waals surface area contributed by atoms with Crippen molar-refractivity contribution in [3.05, 3.63) is 28.2 Å². The van der Waals surface area contributed by atoms with E-state index in [0.29, 0.717) is 17.4 Å². The van der Waals surface area contributed by atoms with Gasteiger partial charge in [0.1, 0.15) is 0 Å². The maximum Gasteiger partial charge on any atom is 0.254 e. The van der Waals surface area contributed by atoms with Gasteiger partial charge in [-0.2, -0.15) is 0 Å². The van der Waals surface area contributed by atoms with Crippen molar-refractivity contribution in [2.24, 2.45) is 11.8 Å². The van der Waals surface area contributed by atoms with Gasteiger partial charge in [-0.25, -0.2) is 0 Å². The van der Waals surface area contributed by atoms with Crippen LogP contribution < -0.4 is 0 Å². The minimum atomic E-state index is 0.0915. The molecular weight excluding hydrogens is 346 g/mol. The molecule has 0 atom stereocenters. The Kier molecular flexibility index (Phi) is 7.82. The van der Waals surface area contributed by atoms with Crippen molar-refractivity contribution in [3.63, 3.8) is 0 Å². The summed E-state index contributed by atoms with van der Waals surface area (Å²) in [5.41, 5.74) is 0.689. The number of hydrogen-bond donors (Lipinski definition) is 1. The molecule has 0 aliphatic rings. The molecule has 0 saturated carbocycles. The van der Waals surface area contributed by atoms with Crippen LogP contribution in [-0.4, -0.2) is 23.9 Å². The highest BCUT2D eigenvalue weighted by Crippen LogP contribution is 2.22. The predicted octanol–water partition coefficient (Wildman–Crippen LogP) is 5.27. The maximum atomic E-state index is 12.8. The summed E-state index contributed by atoms with van der Waals surface area (Å²) >= 11 is 7.85. The third kappa shape index (κ3) is 6.43. The second-order valence-corrected chi connectivity index (χ2v) is 7.72. The Labute approximate surface area is 142 Å². The highest BCUT2D eigenvalue weighted by Gasteiger charge is 2.18. The molecule has 21 heavy (non-hydrogen) atoms. The van der Waals surface area contributed by atoms with Crippen LogP contribution in [-0.2, 0) is 0 Å². The summed E-state index contributed by atoms with van der Waals surface area (Å²) in [6.07, 6.45) is 2.06. The number of amides is 1. The Morgan fingerprint density at radius 2 is 1.67 bits per heavy atom. The highest BCUT2D eigenvalue weighted by molar-refractivity contribution is 9.10. The third-order valence-corrected chi connectivity index (χ3v) is 4.29. The van der Waals surface area contributed by atoms with Gasteiger partial charge >= 0.3 is 0 Å². The first-order chi connectivity index (χ1) is 9.81. The molecule has 0 aliphatic heterocycles. The van der Waals surface area contributed by atoms with Crippen molar-refractivity contribution in [2.75, 3.05) is 13.1 Å². The van der Waals surface area contributed by atoms with E-state index in [9.17, 15) is 4.79 Å². The zero-order valence-electron chi connectivity index (χ0n) is 13.4. The van der Waals surface area contributed by atoms with Gasteiger partial charge in [-0.1, -0.05) is 43.6 Å². The monoisotopic (exact) mass is 371 g/mol. The molecule has 2 nitrogen and oxygen atoms in total. The second kappa shape index (κ2) is 8.84. The third-order valence-electron chi connectivity index (χ3n) is 3.43. The predicted molar refractivity (Wildman–Crippen MR) is 96.2 cm³/mol. The minimum Gasteiger partial charge on any atom is -0.339 e. The summed E-state index contributed by atoms with van der Waals surface area (Å²) < 4.78 is 0.944. The molecule has 0 aliphatic carbocycles. The maximum absolute atomic E-state index is 12.8. The van der Waals surface area contributed by atoms with E-state index in [0.717, 1.165) is 35.3 Å². The topological polar surface area (TPSA) is 20.3 Å². The number of rotatable bonds is 7. The Balaban J connectivity index is 2.86. The molecule has 1 rings (SSSR count). The van der Waals surface area contributed by atoms with Crippen LogP contribution >= 0.6 is 28.6 Å². The molecule has 4 heteroatoms. The number of halogens is 1. The average molecular weight is 372 g/mol. The molecule has 0 unspecified atom stereocenters. The van der Waals surface area contributed by atoms with E-state index >= 15 is 0 Å². The molecule has 1 amide bonds. The molecule has 0 heterocycles. The standard InChI is InChI=1S/C17H26BrNOS/c1-12(2)7-9-19(10-8-13(3)4)17(20)15-6-5-14(18)11-16(15)21/h5-6,11-13,21H,7-10H2,1-4H3. The molecule has 0 fully saturated rings. The summed E-state index contributed by atoms with van der Waals surface area (Å²) in [6.45, 7) is 10.4. The van der Waals surface area contributed by atoms with E-state index in [1.807, 2.05) is 23.1 Å². The van der Waals surface area contributed by atoms with Crippen molar-refractivity contribution in [3.8, 4) is 0 Å². The van der Waals surface area contributed by atoms with Gasteiger partial charge in [0.05, 0.1) is 5.56 Å². The number of benzene rings is 1. The van der Waals surface area contributed by atoms with Gasteiger partial charge in [0.25, 0.3) is 5.91 Å². The molecule has 0 spiro atoms. The second-order valence-electron chi connectivity index (χ2n) is 6.32. The van der Waals surface area contributed by atoms with Gasteiger partial charge in [-0.05, 0) is 42.9 Å². The van der Waals surface area contributed by atoms with E-state index in [1.54, 1.807) is 0 Å². The lowest BCUT2D eigenvalue weighted by atomic mass is 10.1. The first kappa shape index (κ1) is 18.6. The van der Waals surface area contributed by atoms with E-state index in [4.69, 9.17) is 0 Å². The lowest BCUT2D eigenvalue weighted by Gasteiger charge is -2.25. The summed E-state index contributed by atoms with van der Waals surface area (Å²) in [4.78, 5) is 15.5. The van der Waals surface area contributed by atoms with Crippen LogP contribution in [0.15, 0.2) is 27.6 Å². The summed E-state index contributed by atoms with van der Waals surface area (Å²) in [6, 6.07) is 5.63. The van der Waals surface area contributed by atoms with Crippen LogP contribution in [0.4, 0.5) is 0 Å². The molecule has 1 aromatic carbocycles. The van der Waals surface area contributed by atoms with Crippen LogP contribution in [0.1, 0.15) is 50.9 Å². The van der Waals surface area contributed by atoms with Crippen molar-refractivity contribution < 1.29 is 4.79 Å². The van der Waals surface area contributed by atoms with E-state index in [2.05, 4.69) is 56.3 Å². The van der Waals surface area contributed by atoms with Gasteiger partial charge in [0, 0.05) is 22.5 Å². The molecule has 118 valence electrons. The van der Waals surface area contributed by atoms with E-state index in [-0.39, 0.29) is 5.91 Å². The first-order valence-electron chi connectivity index (χ1n) is 7.59. The van der Waals surface area contributed by atoms with Crippen molar-refractivity contribution in [1.29, 1.82) is 0 Å². The molecule has 0 radical (unpaired) electrons. The van der Waals surface area contributed by atoms with Crippen LogP contribution in [0.5, 0.6) is 0 Å². The normalized spacial score (nSPS) is 11.2. The van der Waals surface area contributed by atoms with Gasteiger partial charge in [-0.15, -0.1) is 12.6 Å². The zero-order valence-corrected chi connectivity index (χ0v) is 15.9. The lowest BCUT2D eigenvalue weighted by molar-refractivity contribution is 0.0737. The van der Waals surface area contributed by atoms with Crippen molar-refractivity contribution in [1.82, 2.24) is 4.90 Å². The summed E-state index contributed by atoms with van der Waals surface area (Å²) in [7, 11) is 0. The van der Waals surface area contributed by atoms with Crippen LogP contribution in [0.25, 0.3) is 0 Å². The largest absolute Gasteiger partial charge is 0.339 e. The fourth-order valence-corrected chi connectivity index (χ4v) is 2.85. The quantitative estimate of drug-likeness (QED) is 0.647. The molecule has 0 N–H and O–H groups in total. The average Bonchev–Trinajstić information content (AvgIpc) is 2.37. The van der Waals surface area contributed by atoms with Crippen LogP contribution in [0.2, 0.25) is 0 Å². The van der Waals surface area contributed by atoms with Crippen molar-refractivity contribution in [2.45, 2.75) is 45.4 Å². The van der Waals surface area contributed by atoms with Gasteiger partial charge in [0.2, 0.25) is 0 Å². The Morgan fingerprint density at radius 1 is 1.14 bits per heavy atom. The number of carbonyl (C=O) groups excluding carboxylic acids is 1. The molecule has 0 bridgehead atoms. The minimum absolute atomic E-state index is 0.0915. The number of carbonyl (C=O) groups is 1. The lowest BCUT2D eigenvalue weighted by Crippen LogP contribution is -2.34. The SMILES string of the molecule is CC(C)CCN(CCC(C)C)C(=O)c1ccc(Br)cc1S. The first-order valence-corrected chi connectivity index (χ1v) is 8.83. The number of nitrogens with zero attached hydrogens (tertiary/aromatic N) is 1. The van der Waals surface area contributed by atoms with Crippen LogP contribution in [0.3, 0.4) is 0 Å². The Bertz CT molecular complexity index is 462. The molecular formula is C17H26BrNOS. The Morgan fingerprint density at radius 3 is 2.10 bits per heavy atom. The van der Waals surface area contributed by atoms with Gasteiger partial charge < -0.3 is 4.90 Å². The number of hydrogen-bond acceptors (Lipinski definition) is 2. The van der Waals surface area contributed by atoms with Crippen molar-refractivity contribution >= 4 is 34.5 Å². The smallest absolute Gasteiger partial charge is 0.254 e. The molecule has 1 aromatic rings. The van der Waals surface area contributed by atoms with Gasteiger partial charge in [0.15, 0.2) is 0 Å². The summed E-state index contributed by atoms with van der Waals surface area (Å²) in [5, 5.41) is 0. The van der Waals surface area contributed by atoms with E-state index in [1.165, 1.54) is 0 Å². The fourth-order valence-electron chi connectivity index (χ4n) is 2.00. The van der Waals surface area contributed by atoms with E-state index < -0.39 is 0 Å². The molecule has 0 saturated heterocycles. The highest BCUT2D eigenvalue weighted by atomic mass is 79.9. The molecule has 0 aromatic heterocycles. The van der Waals surface area contributed by atoms with Crippen LogP contribution in [0, 0.1) is 11.8 Å². The fraction of sp³-hybridized carbons (Fsp3) is 0.588. The Hall–Kier alpha value is -0.480. The zero-order chi connectivity index (χ0) is 16.0. The van der Waals surface area contributed by atoms with Gasteiger partial charge in [-0.3, -0.25) is 4.79 Å². The summed E-state index contributed by atoms with van der Waals surface area (Å²) in [5.74, 6) is 1.29.